The van der Waals surface area contributed by atoms with Gasteiger partial charge in [0, 0.05) is 5.02 Å². The number of ether oxygens (including phenoxy) is 1. The van der Waals surface area contributed by atoms with Crippen LogP contribution in [0.4, 0.5) is 0 Å². The molecule has 19 heavy (non-hydrogen) atoms. The van der Waals surface area contributed by atoms with Crippen LogP contribution < -0.4 is 4.74 Å². The van der Waals surface area contributed by atoms with Gasteiger partial charge >= 0.3 is 5.97 Å². The number of hydrogen-bond donors (Lipinski definition) is 1. The van der Waals surface area contributed by atoms with Crippen LogP contribution in [0.25, 0.3) is 0 Å². The van der Waals surface area contributed by atoms with Crippen molar-refractivity contribution >= 4 is 17.6 Å². The lowest BCUT2D eigenvalue weighted by atomic mass is 9.86. The SMILES string of the molecule is CCC1CCC(Oc2cc(Cl)ccc2C(=O)O)CC1. The summed E-state index contributed by atoms with van der Waals surface area (Å²) in [5, 5.41) is 9.65. The zero-order valence-electron chi connectivity index (χ0n) is 11.1. The van der Waals surface area contributed by atoms with Gasteiger partial charge in [-0.1, -0.05) is 24.9 Å². The molecule has 1 aliphatic rings. The quantitative estimate of drug-likeness (QED) is 0.891. The molecule has 0 heterocycles. The third-order valence-corrected chi connectivity index (χ3v) is 4.07. The third-order valence-electron chi connectivity index (χ3n) is 3.84. The van der Waals surface area contributed by atoms with Crippen molar-refractivity contribution in [1.82, 2.24) is 0 Å². The Morgan fingerprint density at radius 2 is 2.05 bits per heavy atom. The van der Waals surface area contributed by atoms with E-state index in [2.05, 4.69) is 6.92 Å². The van der Waals surface area contributed by atoms with Gasteiger partial charge in [0.25, 0.3) is 0 Å². The number of rotatable bonds is 4. The van der Waals surface area contributed by atoms with Gasteiger partial charge < -0.3 is 9.84 Å². The molecule has 0 radical (unpaired) electrons. The number of benzene rings is 1. The molecule has 1 saturated carbocycles. The summed E-state index contributed by atoms with van der Waals surface area (Å²) in [5.74, 6) is 0.201. The molecule has 1 aromatic carbocycles. The molecule has 1 N–H and O–H groups in total. The fraction of sp³-hybridized carbons (Fsp3) is 0.533. The number of aromatic carboxylic acids is 1. The van der Waals surface area contributed by atoms with Crippen LogP contribution in [0.15, 0.2) is 18.2 Å². The second-order valence-electron chi connectivity index (χ2n) is 5.11. The van der Waals surface area contributed by atoms with Crippen molar-refractivity contribution in [2.24, 2.45) is 5.92 Å². The molecule has 3 nitrogen and oxygen atoms in total. The molecule has 0 amide bonds. The first-order chi connectivity index (χ1) is 9.10. The fourth-order valence-electron chi connectivity index (χ4n) is 2.61. The third kappa shape index (κ3) is 3.63. The summed E-state index contributed by atoms with van der Waals surface area (Å²) < 4.78 is 5.86. The van der Waals surface area contributed by atoms with Crippen LogP contribution in [0.3, 0.4) is 0 Å². The van der Waals surface area contributed by atoms with E-state index in [1.807, 2.05) is 0 Å². The molecule has 1 aliphatic carbocycles. The Labute approximate surface area is 118 Å². The van der Waals surface area contributed by atoms with E-state index < -0.39 is 5.97 Å². The molecule has 0 atom stereocenters. The molecule has 1 fully saturated rings. The van der Waals surface area contributed by atoms with Gasteiger partial charge in [0.15, 0.2) is 0 Å². The van der Waals surface area contributed by atoms with Gasteiger partial charge in [-0.2, -0.15) is 0 Å². The summed E-state index contributed by atoms with van der Waals surface area (Å²) in [5.41, 5.74) is 0.182. The van der Waals surface area contributed by atoms with Crippen molar-refractivity contribution in [2.75, 3.05) is 0 Å². The lowest BCUT2D eigenvalue weighted by molar-refractivity contribution is 0.0683. The van der Waals surface area contributed by atoms with Gasteiger partial charge in [-0.3, -0.25) is 0 Å². The minimum Gasteiger partial charge on any atom is -0.489 e. The highest BCUT2D eigenvalue weighted by atomic mass is 35.5. The summed E-state index contributed by atoms with van der Waals surface area (Å²) in [4.78, 5) is 11.2. The van der Waals surface area contributed by atoms with Crippen molar-refractivity contribution < 1.29 is 14.6 Å². The molecule has 0 unspecified atom stereocenters. The number of carboxylic acids is 1. The van der Waals surface area contributed by atoms with E-state index in [0.29, 0.717) is 10.8 Å². The molecule has 0 aromatic heterocycles. The van der Waals surface area contributed by atoms with Crippen molar-refractivity contribution in [2.45, 2.75) is 45.1 Å². The van der Waals surface area contributed by atoms with E-state index in [4.69, 9.17) is 21.4 Å². The predicted molar refractivity (Wildman–Crippen MR) is 75.1 cm³/mol. The monoisotopic (exact) mass is 282 g/mol. The molecule has 0 aliphatic heterocycles. The Bertz CT molecular complexity index is 451. The maximum Gasteiger partial charge on any atom is 0.339 e. The number of hydrogen-bond acceptors (Lipinski definition) is 2. The van der Waals surface area contributed by atoms with E-state index in [0.717, 1.165) is 31.6 Å². The number of carboxylic acid groups (broad SMARTS) is 1. The summed E-state index contributed by atoms with van der Waals surface area (Å²) in [6.07, 6.45) is 5.62. The van der Waals surface area contributed by atoms with Gasteiger partial charge in [0.1, 0.15) is 11.3 Å². The minimum absolute atomic E-state index is 0.111. The van der Waals surface area contributed by atoms with Gasteiger partial charge in [-0.05, 0) is 49.8 Å². The Morgan fingerprint density at radius 1 is 1.37 bits per heavy atom. The summed E-state index contributed by atoms with van der Waals surface area (Å²) >= 11 is 5.91. The molecule has 0 spiro atoms. The Kier molecular flexibility index (Phi) is 4.70. The first-order valence-corrected chi connectivity index (χ1v) is 7.17. The highest BCUT2D eigenvalue weighted by molar-refractivity contribution is 6.30. The summed E-state index contributed by atoms with van der Waals surface area (Å²) in [7, 11) is 0. The minimum atomic E-state index is -0.978. The topological polar surface area (TPSA) is 46.5 Å². The Morgan fingerprint density at radius 3 is 2.63 bits per heavy atom. The van der Waals surface area contributed by atoms with Crippen LogP contribution in [-0.2, 0) is 0 Å². The first kappa shape index (κ1) is 14.2. The average Bonchev–Trinajstić information content (AvgIpc) is 2.39. The van der Waals surface area contributed by atoms with Crippen LogP contribution in [0.2, 0.25) is 5.02 Å². The molecular formula is C15H19ClO3. The number of halogens is 1. The van der Waals surface area contributed by atoms with E-state index in [1.165, 1.54) is 12.5 Å². The fourth-order valence-corrected chi connectivity index (χ4v) is 2.77. The number of carbonyl (C=O) groups is 1. The Balaban J connectivity index is 2.06. The second kappa shape index (κ2) is 6.29. The zero-order chi connectivity index (χ0) is 13.8. The maximum atomic E-state index is 11.2. The summed E-state index contributed by atoms with van der Waals surface area (Å²) in [6, 6.07) is 4.67. The molecule has 0 saturated heterocycles. The molecular weight excluding hydrogens is 264 g/mol. The molecule has 104 valence electrons. The van der Waals surface area contributed by atoms with Crippen molar-refractivity contribution in [1.29, 1.82) is 0 Å². The highest BCUT2D eigenvalue weighted by Crippen LogP contribution is 2.31. The van der Waals surface area contributed by atoms with Gasteiger partial charge in [0.05, 0.1) is 6.10 Å². The van der Waals surface area contributed by atoms with Crippen LogP contribution in [0.1, 0.15) is 49.4 Å². The van der Waals surface area contributed by atoms with Gasteiger partial charge in [-0.25, -0.2) is 4.79 Å². The van der Waals surface area contributed by atoms with Crippen LogP contribution in [0, 0.1) is 5.92 Å². The van der Waals surface area contributed by atoms with E-state index in [1.54, 1.807) is 12.1 Å². The van der Waals surface area contributed by atoms with Crippen LogP contribution in [0.5, 0.6) is 5.75 Å². The normalized spacial score (nSPS) is 23.1. The molecule has 1 aromatic rings. The first-order valence-electron chi connectivity index (χ1n) is 6.79. The van der Waals surface area contributed by atoms with Crippen LogP contribution >= 0.6 is 11.6 Å². The van der Waals surface area contributed by atoms with Crippen molar-refractivity contribution in [3.63, 3.8) is 0 Å². The largest absolute Gasteiger partial charge is 0.489 e. The average molecular weight is 283 g/mol. The van der Waals surface area contributed by atoms with E-state index >= 15 is 0 Å². The van der Waals surface area contributed by atoms with Crippen molar-refractivity contribution in [3.05, 3.63) is 28.8 Å². The van der Waals surface area contributed by atoms with E-state index in [9.17, 15) is 4.79 Å². The zero-order valence-corrected chi connectivity index (χ0v) is 11.8. The van der Waals surface area contributed by atoms with Gasteiger partial charge in [0.2, 0.25) is 0 Å². The Hall–Kier alpha value is -1.22. The lowest BCUT2D eigenvalue weighted by Crippen LogP contribution is -2.24. The molecule has 4 heteroatoms. The lowest BCUT2D eigenvalue weighted by Gasteiger charge is -2.28. The van der Waals surface area contributed by atoms with Crippen molar-refractivity contribution in [3.8, 4) is 5.75 Å². The van der Waals surface area contributed by atoms with Crippen LogP contribution in [-0.4, -0.2) is 17.2 Å². The standard InChI is InChI=1S/C15H19ClO3/c1-2-10-3-6-12(7-4-10)19-14-9-11(16)5-8-13(14)15(17)18/h5,8-10,12H,2-4,6-7H2,1H3,(H,17,18). The molecule has 0 bridgehead atoms. The van der Waals surface area contributed by atoms with E-state index in [-0.39, 0.29) is 11.7 Å². The van der Waals surface area contributed by atoms with Gasteiger partial charge in [-0.15, -0.1) is 0 Å². The summed E-state index contributed by atoms with van der Waals surface area (Å²) in [6.45, 7) is 2.21. The maximum absolute atomic E-state index is 11.2. The smallest absolute Gasteiger partial charge is 0.339 e. The predicted octanol–water partition coefficient (Wildman–Crippen LogP) is 4.39. The molecule has 2 rings (SSSR count). The highest BCUT2D eigenvalue weighted by Gasteiger charge is 2.23. The second-order valence-corrected chi connectivity index (χ2v) is 5.55.